The second-order valence-electron chi connectivity index (χ2n) is 16.8. The molecule has 11 aromatic carbocycles. The van der Waals surface area contributed by atoms with Crippen molar-refractivity contribution >= 4 is 49.6 Å². The number of aromatic nitrogens is 2. The van der Waals surface area contributed by atoms with Gasteiger partial charge in [-0.2, -0.15) is 0 Å². The second kappa shape index (κ2) is 17.2. The fraction of sp³-hybridized carbons (Fsp3) is 0. The van der Waals surface area contributed by atoms with Gasteiger partial charge in [0.1, 0.15) is 0 Å². The number of rotatable bonds is 9. The summed E-state index contributed by atoms with van der Waals surface area (Å²) < 4.78 is 0. The lowest BCUT2D eigenvalue weighted by atomic mass is 9.79. The molecule has 67 heavy (non-hydrogen) atoms. The fourth-order valence-corrected chi connectivity index (χ4v) is 9.84. The largest absolute Gasteiger partial charge is 0.311 e. The monoisotopic (exact) mass is 853 g/mol. The predicted octanol–water partition coefficient (Wildman–Crippen LogP) is 17.4. The highest BCUT2D eigenvalue weighted by Crippen LogP contribution is 2.53. The summed E-state index contributed by atoms with van der Waals surface area (Å²) in [5.41, 5.74) is 17.3. The predicted molar refractivity (Wildman–Crippen MR) is 282 cm³/mol. The fourth-order valence-electron chi connectivity index (χ4n) is 9.84. The van der Waals surface area contributed by atoms with E-state index in [2.05, 4.69) is 266 Å². The summed E-state index contributed by atoms with van der Waals surface area (Å²) in [5.74, 6) is 0. The number of nitrogens with zero attached hydrogens (tertiary/aromatic N) is 3. The average molecular weight is 854 g/mol. The van der Waals surface area contributed by atoms with Crippen LogP contribution in [0, 0.1) is 0 Å². The van der Waals surface area contributed by atoms with Crippen LogP contribution in [0.4, 0.5) is 17.1 Å². The molecule has 0 N–H and O–H groups in total. The minimum atomic E-state index is 0.814. The molecule has 0 aliphatic rings. The summed E-state index contributed by atoms with van der Waals surface area (Å²) in [6.45, 7) is 0. The molecule has 0 aliphatic heterocycles. The van der Waals surface area contributed by atoms with Crippen molar-refractivity contribution in [3.63, 3.8) is 0 Å². The molecule has 0 fully saturated rings. The van der Waals surface area contributed by atoms with Gasteiger partial charge < -0.3 is 4.90 Å². The maximum atomic E-state index is 5.96. The Hall–Kier alpha value is -8.92. The molecule has 3 nitrogen and oxygen atoms in total. The Morgan fingerprint density at radius 3 is 1.00 bits per heavy atom. The van der Waals surface area contributed by atoms with Crippen molar-refractivity contribution in [3.8, 4) is 67.0 Å². The van der Waals surface area contributed by atoms with Crippen LogP contribution in [0.5, 0.6) is 0 Å². The third kappa shape index (κ3) is 7.20. The Labute approximate surface area is 390 Å². The lowest BCUT2D eigenvalue weighted by Gasteiger charge is -2.26. The highest BCUT2D eigenvalue weighted by atomic mass is 15.1. The van der Waals surface area contributed by atoms with Gasteiger partial charge in [0.15, 0.2) is 0 Å². The smallest absolute Gasteiger partial charge is 0.0986 e. The number of anilines is 3. The Kier molecular flexibility index (Phi) is 10.2. The number of hydrogen-bond acceptors (Lipinski definition) is 3. The topological polar surface area (TPSA) is 29.0 Å². The normalized spacial score (nSPS) is 11.3. The number of para-hydroxylation sites is 2. The summed E-state index contributed by atoms with van der Waals surface area (Å²) in [6, 6.07) is 92.9. The Morgan fingerprint density at radius 1 is 0.239 bits per heavy atom. The highest BCUT2D eigenvalue weighted by molar-refractivity contribution is 6.21. The summed E-state index contributed by atoms with van der Waals surface area (Å²) in [5, 5.41) is 4.70. The highest BCUT2D eigenvalue weighted by Gasteiger charge is 2.29. The molecule has 0 spiro atoms. The van der Waals surface area contributed by atoms with E-state index < -0.39 is 0 Å². The third-order valence-corrected chi connectivity index (χ3v) is 12.8. The molecule has 0 radical (unpaired) electrons. The molecule has 0 aliphatic carbocycles. The van der Waals surface area contributed by atoms with E-state index in [1.54, 1.807) is 0 Å². The van der Waals surface area contributed by atoms with Gasteiger partial charge in [0, 0.05) is 50.4 Å². The standard InChI is InChI=1S/C64H43N3/c1-6-24-46(25-7-1)57-59(55-38-20-30-44-22-16-18-36-53(44)55)60(56-39-21-31-45-23-17-19-37-54(45)56)58(47-26-8-2-9-27-47)64-63(57)65-61(48-28-10-3-11-29-48)62(66-64)49-40-42-52(43-41-49)67(50-32-12-4-13-33-50)51-34-14-5-15-35-51/h1-43H. The zero-order valence-electron chi connectivity index (χ0n) is 36.7. The van der Waals surface area contributed by atoms with Gasteiger partial charge in [-0.05, 0) is 80.2 Å². The van der Waals surface area contributed by atoms with Crippen molar-refractivity contribution in [2.24, 2.45) is 0 Å². The summed E-state index contributed by atoms with van der Waals surface area (Å²) in [4.78, 5) is 14.2. The minimum Gasteiger partial charge on any atom is -0.311 e. The quantitative estimate of drug-likeness (QED) is 0.145. The van der Waals surface area contributed by atoms with Gasteiger partial charge in [-0.25, -0.2) is 9.97 Å². The van der Waals surface area contributed by atoms with E-state index in [0.717, 1.165) is 95.1 Å². The number of fused-ring (bicyclic) bond motifs is 3. The first-order valence-electron chi connectivity index (χ1n) is 22.8. The maximum Gasteiger partial charge on any atom is 0.0986 e. The summed E-state index contributed by atoms with van der Waals surface area (Å²) >= 11 is 0. The first-order valence-corrected chi connectivity index (χ1v) is 22.8. The van der Waals surface area contributed by atoms with Crippen LogP contribution < -0.4 is 4.90 Å². The van der Waals surface area contributed by atoms with Gasteiger partial charge in [0.25, 0.3) is 0 Å². The van der Waals surface area contributed by atoms with E-state index in [1.165, 1.54) is 21.5 Å². The van der Waals surface area contributed by atoms with Crippen LogP contribution in [-0.2, 0) is 0 Å². The van der Waals surface area contributed by atoms with Gasteiger partial charge in [-0.3, -0.25) is 0 Å². The minimum absolute atomic E-state index is 0.814. The number of benzene rings is 11. The van der Waals surface area contributed by atoms with Crippen LogP contribution in [-0.4, -0.2) is 9.97 Å². The average Bonchev–Trinajstić information content (AvgIpc) is 3.41. The second-order valence-corrected chi connectivity index (χ2v) is 16.8. The van der Waals surface area contributed by atoms with Crippen LogP contribution in [0.1, 0.15) is 0 Å². The van der Waals surface area contributed by atoms with Crippen molar-refractivity contribution in [2.75, 3.05) is 4.90 Å². The molecule has 0 atom stereocenters. The molecule has 314 valence electrons. The van der Waals surface area contributed by atoms with Gasteiger partial charge in [0.05, 0.1) is 22.4 Å². The Balaban J connectivity index is 1.24. The van der Waals surface area contributed by atoms with E-state index >= 15 is 0 Å². The van der Waals surface area contributed by atoms with E-state index in [4.69, 9.17) is 9.97 Å². The molecule has 0 unspecified atom stereocenters. The van der Waals surface area contributed by atoms with Crippen molar-refractivity contribution in [1.82, 2.24) is 9.97 Å². The molecular weight excluding hydrogens is 811 g/mol. The van der Waals surface area contributed by atoms with Crippen molar-refractivity contribution in [1.29, 1.82) is 0 Å². The van der Waals surface area contributed by atoms with Gasteiger partial charge in [0.2, 0.25) is 0 Å². The van der Waals surface area contributed by atoms with Crippen LogP contribution >= 0.6 is 0 Å². The van der Waals surface area contributed by atoms with Gasteiger partial charge >= 0.3 is 0 Å². The van der Waals surface area contributed by atoms with E-state index in [0.29, 0.717) is 0 Å². The van der Waals surface area contributed by atoms with Gasteiger partial charge in [-0.1, -0.05) is 224 Å². The SMILES string of the molecule is c1ccc(-c2nc3c(-c4ccccc4)c(-c4cccc5ccccc45)c(-c4cccc5ccccc45)c(-c4ccccc4)c3nc2-c2ccc(N(c3ccccc3)c3ccccc3)cc2)cc1. The lowest BCUT2D eigenvalue weighted by molar-refractivity contribution is 1.27. The lowest BCUT2D eigenvalue weighted by Crippen LogP contribution is -2.09. The zero-order valence-corrected chi connectivity index (χ0v) is 36.7. The Bertz CT molecular complexity index is 3660. The van der Waals surface area contributed by atoms with E-state index in [9.17, 15) is 0 Å². The summed E-state index contributed by atoms with van der Waals surface area (Å²) in [6.07, 6.45) is 0. The third-order valence-electron chi connectivity index (χ3n) is 12.8. The molecule has 0 bridgehead atoms. The molecule has 12 aromatic rings. The molecule has 1 aromatic heterocycles. The van der Waals surface area contributed by atoms with Crippen molar-refractivity contribution in [3.05, 3.63) is 261 Å². The van der Waals surface area contributed by atoms with Gasteiger partial charge in [-0.15, -0.1) is 0 Å². The Morgan fingerprint density at radius 2 is 0.567 bits per heavy atom. The van der Waals surface area contributed by atoms with Crippen LogP contribution in [0.25, 0.3) is 99.6 Å². The number of hydrogen-bond donors (Lipinski definition) is 0. The molecule has 3 heteroatoms. The maximum absolute atomic E-state index is 5.96. The molecule has 0 amide bonds. The summed E-state index contributed by atoms with van der Waals surface area (Å²) in [7, 11) is 0. The molecule has 12 rings (SSSR count). The zero-order chi connectivity index (χ0) is 44.5. The van der Waals surface area contributed by atoms with Crippen LogP contribution in [0.15, 0.2) is 261 Å². The molecule has 0 saturated carbocycles. The van der Waals surface area contributed by atoms with Crippen molar-refractivity contribution in [2.45, 2.75) is 0 Å². The molecule has 1 heterocycles. The first-order chi connectivity index (χ1) is 33.3. The van der Waals surface area contributed by atoms with Crippen LogP contribution in [0.3, 0.4) is 0 Å². The van der Waals surface area contributed by atoms with Crippen LogP contribution in [0.2, 0.25) is 0 Å². The molecule has 0 saturated heterocycles. The molecular formula is C64H43N3. The van der Waals surface area contributed by atoms with E-state index in [-0.39, 0.29) is 0 Å². The van der Waals surface area contributed by atoms with E-state index in [1.807, 2.05) is 0 Å². The van der Waals surface area contributed by atoms with Crippen molar-refractivity contribution < 1.29 is 0 Å². The first kappa shape index (κ1) is 39.7.